The Bertz CT molecular complexity index is 301. The SMILES string of the molecule is CCCCCCCCCCCCCCCC(=O)NCCCCCCC(C)C. The van der Waals surface area contributed by atoms with E-state index in [0.717, 1.165) is 31.7 Å². The van der Waals surface area contributed by atoms with Crippen LogP contribution in [0.15, 0.2) is 0 Å². The molecule has 0 aliphatic heterocycles. The summed E-state index contributed by atoms with van der Waals surface area (Å²) in [5.74, 6) is 1.09. The highest BCUT2D eigenvalue weighted by Gasteiger charge is 2.01. The summed E-state index contributed by atoms with van der Waals surface area (Å²) in [7, 11) is 0. The van der Waals surface area contributed by atoms with Crippen LogP contribution in [0.3, 0.4) is 0 Å². The molecule has 0 heterocycles. The van der Waals surface area contributed by atoms with Crippen LogP contribution in [0.2, 0.25) is 0 Å². The summed E-state index contributed by atoms with van der Waals surface area (Å²) in [5, 5.41) is 3.09. The van der Waals surface area contributed by atoms with E-state index in [1.807, 2.05) is 0 Å². The Morgan fingerprint density at radius 1 is 0.630 bits per heavy atom. The van der Waals surface area contributed by atoms with E-state index in [1.54, 1.807) is 0 Å². The van der Waals surface area contributed by atoms with Crippen LogP contribution >= 0.6 is 0 Å². The standard InChI is InChI=1S/C25H51NO/c1-4-5-6-7-8-9-10-11-12-13-14-15-19-22-25(27)26-23-20-17-16-18-21-24(2)3/h24H,4-23H2,1-3H3,(H,26,27). The topological polar surface area (TPSA) is 29.1 Å². The molecule has 2 nitrogen and oxygen atoms in total. The van der Waals surface area contributed by atoms with Crippen LogP contribution in [-0.4, -0.2) is 12.5 Å². The number of nitrogens with one attached hydrogen (secondary N) is 1. The zero-order chi connectivity index (χ0) is 20.0. The predicted octanol–water partition coefficient (Wildman–Crippen LogP) is 8.19. The van der Waals surface area contributed by atoms with E-state index in [2.05, 4.69) is 26.1 Å². The van der Waals surface area contributed by atoms with Crippen molar-refractivity contribution in [2.75, 3.05) is 6.54 Å². The van der Waals surface area contributed by atoms with Crippen molar-refractivity contribution in [3.8, 4) is 0 Å². The Labute approximate surface area is 171 Å². The molecule has 2 heteroatoms. The summed E-state index contributed by atoms with van der Waals surface area (Å²) in [5.41, 5.74) is 0. The first kappa shape index (κ1) is 26.5. The zero-order valence-electron chi connectivity index (χ0n) is 19.1. The van der Waals surface area contributed by atoms with Gasteiger partial charge in [0.15, 0.2) is 0 Å². The van der Waals surface area contributed by atoms with E-state index in [1.165, 1.54) is 103 Å². The molecule has 0 unspecified atom stereocenters. The molecule has 0 aromatic carbocycles. The third-order valence-corrected chi connectivity index (χ3v) is 5.54. The zero-order valence-corrected chi connectivity index (χ0v) is 19.1. The van der Waals surface area contributed by atoms with Gasteiger partial charge in [-0.3, -0.25) is 4.79 Å². The van der Waals surface area contributed by atoms with Crippen molar-refractivity contribution < 1.29 is 4.79 Å². The molecule has 0 aromatic rings. The fraction of sp³-hybridized carbons (Fsp3) is 0.960. The van der Waals surface area contributed by atoms with Gasteiger partial charge in [0, 0.05) is 13.0 Å². The van der Waals surface area contributed by atoms with Gasteiger partial charge in [-0.1, -0.05) is 124 Å². The molecule has 0 saturated carbocycles. The van der Waals surface area contributed by atoms with Gasteiger partial charge in [-0.25, -0.2) is 0 Å². The van der Waals surface area contributed by atoms with Crippen molar-refractivity contribution in [2.45, 2.75) is 143 Å². The maximum absolute atomic E-state index is 11.8. The van der Waals surface area contributed by atoms with Gasteiger partial charge >= 0.3 is 0 Å². The van der Waals surface area contributed by atoms with Crippen molar-refractivity contribution in [2.24, 2.45) is 5.92 Å². The molecule has 0 rings (SSSR count). The summed E-state index contributed by atoms with van der Waals surface area (Å²) < 4.78 is 0. The molecule has 0 aliphatic rings. The molecule has 0 fully saturated rings. The average Bonchev–Trinajstić information content (AvgIpc) is 2.64. The molecule has 0 spiro atoms. The molecule has 0 atom stereocenters. The highest BCUT2D eigenvalue weighted by Crippen LogP contribution is 2.13. The highest BCUT2D eigenvalue weighted by molar-refractivity contribution is 5.75. The summed E-state index contributed by atoms with van der Waals surface area (Å²) in [6.45, 7) is 7.73. The molecular formula is C25H51NO. The highest BCUT2D eigenvalue weighted by atomic mass is 16.1. The Morgan fingerprint density at radius 2 is 1.07 bits per heavy atom. The summed E-state index contributed by atoms with van der Waals surface area (Å²) >= 11 is 0. The third-order valence-electron chi connectivity index (χ3n) is 5.54. The monoisotopic (exact) mass is 381 g/mol. The van der Waals surface area contributed by atoms with E-state index >= 15 is 0 Å². The Balaban J connectivity index is 3.14. The van der Waals surface area contributed by atoms with Crippen molar-refractivity contribution in [3.63, 3.8) is 0 Å². The van der Waals surface area contributed by atoms with Crippen molar-refractivity contribution in [1.82, 2.24) is 5.32 Å². The van der Waals surface area contributed by atoms with Gasteiger partial charge < -0.3 is 5.32 Å². The van der Waals surface area contributed by atoms with Crippen LogP contribution in [0.1, 0.15) is 143 Å². The first-order valence-electron chi connectivity index (χ1n) is 12.4. The van der Waals surface area contributed by atoms with Gasteiger partial charge in [0.05, 0.1) is 0 Å². The molecule has 27 heavy (non-hydrogen) atoms. The number of amides is 1. The normalized spacial score (nSPS) is 11.3. The third kappa shape index (κ3) is 23.4. The number of rotatable bonds is 21. The lowest BCUT2D eigenvalue weighted by Crippen LogP contribution is -2.23. The fourth-order valence-electron chi connectivity index (χ4n) is 3.65. The van der Waals surface area contributed by atoms with Crippen molar-refractivity contribution in [1.29, 1.82) is 0 Å². The molecule has 0 saturated heterocycles. The maximum atomic E-state index is 11.8. The van der Waals surface area contributed by atoms with Gasteiger partial charge in [-0.15, -0.1) is 0 Å². The molecule has 0 radical (unpaired) electrons. The first-order chi connectivity index (χ1) is 13.2. The van der Waals surface area contributed by atoms with E-state index in [9.17, 15) is 4.79 Å². The number of carbonyl (C=O) groups is 1. The fourth-order valence-corrected chi connectivity index (χ4v) is 3.65. The van der Waals surface area contributed by atoms with Crippen LogP contribution < -0.4 is 5.32 Å². The Hall–Kier alpha value is -0.530. The molecule has 0 aliphatic carbocycles. The lowest BCUT2D eigenvalue weighted by Gasteiger charge is -2.06. The van der Waals surface area contributed by atoms with Gasteiger partial charge in [0.1, 0.15) is 0 Å². The van der Waals surface area contributed by atoms with E-state index < -0.39 is 0 Å². The van der Waals surface area contributed by atoms with Gasteiger partial charge in [0.2, 0.25) is 5.91 Å². The first-order valence-corrected chi connectivity index (χ1v) is 12.4. The Kier molecular flexibility index (Phi) is 21.3. The summed E-state index contributed by atoms with van der Waals surface area (Å²) in [4.78, 5) is 11.8. The second-order valence-electron chi connectivity index (χ2n) is 8.94. The summed E-state index contributed by atoms with van der Waals surface area (Å²) in [6.07, 6.45) is 24.8. The second-order valence-corrected chi connectivity index (χ2v) is 8.94. The molecule has 162 valence electrons. The van der Waals surface area contributed by atoms with E-state index in [-0.39, 0.29) is 5.91 Å². The lowest BCUT2D eigenvalue weighted by atomic mass is 10.0. The van der Waals surface area contributed by atoms with Crippen LogP contribution in [0, 0.1) is 5.92 Å². The minimum atomic E-state index is 0.264. The molecular weight excluding hydrogens is 330 g/mol. The molecule has 1 amide bonds. The van der Waals surface area contributed by atoms with Crippen molar-refractivity contribution in [3.05, 3.63) is 0 Å². The molecule has 0 bridgehead atoms. The van der Waals surface area contributed by atoms with Crippen LogP contribution in [-0.2, 0) is 4.79 Å². The van der Waals surface area contributed by atoms with Gasteiger partial charge in [-0.05, 0) is 18.8 Å². The number of hydrogen-bond acceptors (Lipinski definition) is 1. The predicted molar refractivity (Wildman–Crippen MR) is 121 cm³/mol. The van der Waals surface area contributed by atoms with Crippen LogP contribution in [0.5, 0.6) is 0 Å². The average molecular weight is 382 g/mol. The lowest BCUT2D eigenvalue weighted by molar-refractivity contribution is -0.121. The Morgan fingerprint density at radius 3 is 1.59 bits per heavy atom. The summed E-state index contributed by atoms with van der Waals surface area (Å²) in [6, 6.07) is 0. The number of unbranched alkanes of at least 4 members (excludes halogenated alkanes) is 15. The van der Waals surface area contributed by atoms with Crippen LogP contribution in [0.25, 0.3) is 0 Å². The molecule has 0 aromatic heterocycles. The minimum Gasteiger partial charge on any atom is -0.356 e. The van der Waals surface area contributed by atoms with E-state index in [0.29, 0.717) is 0 Å². The second kappa shape index (κ2) is 21.8. The van der Waals surface area contributed by atoms with Crippen LogP contribution in [0.4, 0.5) is 0 Å². The number of carbonyl (C=O) groups excluding carboxylic acids is 1. The van der Waals surface area contributed by atoms with Crippen molar-refractivity contribution >= 4 is 5.91 Å². The van der Waals surface area contributed by atoms with Gasteiger partial charge in [-0.2, -0.15) is 0 Å². The number of hydrogen-bond donors (Lipinski definition) is 1. The minimum absolute atomic E-state index is 0.264. The van der Waals surface area contributed by atoms with E-state index in [4.69, 9.17) is 0 Å². The maximum Gasteiger partial charge on any atom is 0.219 e. The quantitative estimate of drug-likeness (QED) is 0.199. The van der Waals surface area contributed by atoms with Gasteiger partial charge in [0.25, 0.3) is 0 Å². The smallest absolute Gasteiger partial charge is 0.219 e. The largest absolute Gasteiger partial charge is 0.356 e. The molecule has 1 N–H and O–H groups in total.